The lowest BCUT2D eigenvalue weighted by Gasteiger charge is -2.20. The second kappa shape index (κ2) is 9.94. The lowest BCUT2D eigenvalue weighted by atomic mass is 9.98. The van der Waals surface area contributed by atoms with E-state index in [0.29, 0.717) is 12.0 Å². The molecule has 0 bridgehead atoms. The van der Waals surface area contributed by atoms with Crippen molar-refractivity contribution in [3.05, 3.63) is 101 Å². The second-order valence-electron chi connectivity index (χ2n) is 6.47. The van der Waals surface area contributed by atoms with Gasteiger partial charge >= 0.3 is 6.03 Å². The third kappa shape index (κ3) is 5.49. The molecule has 1 aromatic heterocycles. The van der Waals surface area contributed by atoms with Gasteiger partial charge in [0.2, 0.25) is 0 Å². The van der Waals surface area contributed by atoms with E-state index in [1.807, 2.05) is 6.07 Å². The van der Waals surface area contributed by atoms with Gasteiger partial charge in [-0.05, 0) is 47.9 Å². The molecule has 0 saturated heterocycles. The zero-order valence-corrected chi connectivity index (χ0v) is 15.9. The monoisotopic (exact) mass is 404 g/mol. The molecule has 0 saturated carbocycles. The van der Waals surface area contributed by atoms with Gasteiger partial charge in [-0.25, -0.2) is 10.3 Å². The van der Waals surface area contributed by atoms with Crippen molar-refractivity contribution in [1.29, 1.82) is 0 Å². The Balaban J connectivity index is 1.76. The van der Waals surface area contributed by atoms with Crippen molar-refractivity contribution in [2.24, 2.45) is 0 Å². The van der Waals surface area contributed by atoms with Crippen molar-refractivity contribution in [2.45, 2.75) is 12.5 Å². The fourth-order valence-electron chi connectivity index (χ4n) is 2.90. The van der Waals surface area contributed by atoms with Crippen LogP contribution in [0, 0.1) is 0 Å². The molecule has 8 heteroatoms. The number of hydroxylamine groups is 1. The Bertz CT molecular complexity index is 1010. The summed E-state index contributed by atoms with van der Waals surface area (Å²) in [5.74, 6) is -1.15. The van der Waals surface area contributed by atoms with Crippen LogP contribution < -0.4 is 16.1 Å². The average molecular weight is 404 g/mol. The van der Waals surface area contributed by atoms with Crippen molar-refractivity contribution < 1.29 is 19.6 Å². The minimum absolute atomic E-state index is 0.269. The van der Waals surface area contributed by atoms with E-state index in [2.05, 4.69) is 15.6 Å². The number of rotatable bonds is 6. The maximum Gasteiger partial charge on any atom is 0.322 e. The van der Waals surface area contributed by atoms with E-state index in [-0.39, 0.29) is 5.56 Å². The normalized spacial score (nSPS) is 11.2. The Morgan fingerprint density at radius 3 is 2.20 bits per heavy atom. The summed E-state index contributed by atoms with van der Waals surface area (Å²) in [7, 11) is 0. The van der Waals surface area contributed by atoms with E-state index in [4.69, 9.17) is 5.21 Å². The first-order valence-corrected chi connectivity index (χ1v) is 9.17. The van der Waals surface area contributed by atoms with Crippen LogP contribution in [0.1, 0.15) is 37.9 Å². The summed E-state index contributed by atoms with van der Waals surface area (Å²) >= 11 is 0. The number of pyridine rings is 1. The number of imide groups is 1. The number of hydrogen-bond acceptors (Lipinski definition) is 5. The van der Waals surface area contributed by atoms with Crippen molar-refractivity contribution in [3.63, 3.8) is 0 Å². The summed E-state index contributed by atoms with van der Waals surface area (Å²) in [4.78, 5) is 40.3. The molecule has 1 unspecified atom stereocenters. The van der Waals surface area contributed by atoms with Gasteiger partial charge in [-0.2, -0.15) is 0 Å². The maximum atomic E-state index is 12.5. The van der Waals surface area contributed by atoms with Crippen molar-refractivity contribution >= 4 is 17.8 Å². The van der Waals surface area contributed by atoms with Crippen LogP contribution in [-0.4, -0.2) is 28.0 Å². The molecule has 1 heterocycles. The van der Waals surface area contributed by atoms with Crippen LogP contribution in [0.15, 0.2) is 79.1 Å². The maximum absolute atomic E-state index is 12.5. The highest BCUT2D eigenvalue weighted by molar-refractivity contribution is 6.04. The number of nitrogens with one attached hydrogen (secondary N) is 3. The summed E-state index contributed by atoms with van der Waals surface area (Å²) in [6, 6.07) is 17.4. The number of urea groups is 1. The van der Waals surface area contributed by atoms with Crippen LogP contribution in [0.4, 0.5) is 4.79 Å². The van der Waals surface area contributed by atoms with Gasteiger partial charge in [-0.15, -0.1) is 0 Å². The second-order valence-corrected chi connectivity index (χ2v) is 6.47. The molecule has 30 heavy (non-hydrogen) atoms. The Morgan fingerprint density at radius 2 is 1.57 bits per heavy atom. The summed E-state index contributed by atoms with van der Waals surface area (Å²) in [5, 5.41) is 13.9. The Labute approximate surface area is 172 Å². The first-order valence-electron chi connectivity index (χ1n) is 9.17. The van der Waals surface area contributed by atoms with Crippen molar-refractivity contribution in [3.8, 4) is 0 Å². The number of hydrogen-bond donors (Lipinski definition) is 4. The summed E-state index contributed by atoms with van der Waals surface area (Å²) in [5.41, 5.74) is 3.82. The summed E-state index contributed by atoms with van der Waals surface area (Å²) in [6.45, 7) is 0. The Hall–Kier alpha value is -4.04. The first-order chi connectivity index (χ1) is 14.6. The zero-order valence-electron chi connectivity index (χ0n) is 15.9. The molecular weight excluding hydrogens is 384 g/mol. The van der Waals surface area contributed by atoms with Gasteiger partial charge in [-0.1, -0.05) is 36.4 Å². The Morgan fingerprint density at radius 1 is 0.867 bits per heavy atom. The molecular formula is C22H20N4O4. The largest absolute Gasteiger partial charge is 0.331 e. The fraction of sp³-hybridized carbons (Fsp3) is 0.0909. The van der Waals surface area contributed by atoms with E-state index in [1.165, 1.54) is 12.1 Å². The molecule has 3 aromatic rings. The highest BCUT2D eigenvalue weighted by Crippen LogP contribution is 2.19. The lowest BCUT2D eigenvalue weighted by Crippen LogP contribution is -2.41. The standard InChI is InChI=1S/C22H20N4O4/c27-20(17-6-2-1-3-7-17)25-22(29)24-19(13-15-5-4-12-23-14-15)16-8-10-18(11-9-16)21(28)26-30/h1-12,14,19,30H,13H2,(H,26,28)(H2,24,25,27,29). The van der Waals surface area contributed by atoms with Gasteiger partial charge in [0.1, 0.15) is 0 Å². The Kier molecular flexibility index (Phi) is 6.86. The van der Waals surface area contributed by atoms with E-state index in [1.54, 1.807) is 66.4 Å². The predicted octanol–water partition coefficient (Wildman–Crippen LogP) is 2.62. The van der Waals surface area contributed by atoms with E-state index < -0.39 is 23.9 Å². The number of benzene rings is 2. The number of nitrogens with zero attached hydrogens (tertiary/aromatic N) is 1. The molecule has 3 rings (SSSR count). The molecule has 0 spiro atoms. The number of aromatic nitrogens is 1. The van der Waals surface area contributed by atoms with Crippen LogP contribution in [-0.2, 0) is 6.42 Å². The molecule has 0 fully saturated rings. The van der Waals surface area contributed by atoms with Gasteiger partial charge in [-0.3, -0.25) is 25.1 Å². The third-order valence-electron chi connectivity index (χ3n) is 4.41. The molecule has 152 valence electrons. The minimum Gasteiger partial charge on any atom is -0.331 e. The molecule has 8 nitrogen and oxygen atoms in total. The predicted molar refractivity (Wildman–Crippen MR) is 109 cm³/mol. The van der Waals surface area contributed by atoms with E-state index >= 15 is 0 Å². The SMILES string of the molecule is O=C(NC(=O)c1ccccc1)NC(Cc1cccnc1)c1ccc(C(=O)NO)cc1. The van der Waals surface area contributed by atoms with Crippen molar-refractivity contribution in [1.82, 2.24) is 21.1 Å². The van der Waals surface area contributed by atoms with Crippen LogP contribution in [0.2, 0.25) is 0 Å². The van der Waals surface area contributed by atoms with Crippen LogP contribution in [0.5, 0.6) is 0 Å². The van der Waals surface area contributed by atoms with Crippen LogP contribution in [0.3, 0.4) is 0 Å². The van der Waals surface area contributed by atoms with Gasteiger partial charge < -0.3 is 5.32 Å². The highest BCUT2D eigenvalue weighted by atomic mass is 16.5. The van der Waals surface area contributed by atoms with Crippen LogP contribution >= 0.6 is 0 Å². The first kappa shape index (κ1) is 20.7. The molecule has 0 aliphatic rings. The third-order valence-corrected chi connectivity index (χ3v) is 4.41. The summed E-state index contributed by atoms with van der Waals surface area (Å²) in [6.07, 6.45) is 3.76. The van der Waals surface area contributed by atoms with Gasteiger partial charge in [0, 0.05) is 23.5 Å². The molecule has 0 radical (unpaired) electrons. The van der Waals surface area contributed by atoms with Gasteiger partial charge in [0.15, 0.2) is 0 Å². The van der Waals surface area contributed by atoms with E-state index in [0.717, 1.165) is 11.1 Å². The minimum atomic E-state index is -0.644. The molecule has 4 N–H and O–H groups in total. The van der Waals surface area contributed by atoms with E-state index in [9.17, 15) is 14.4 Å². The molecule has 0 aliphatic heterocycles. The lowest BCUT2D eigenvalue weighted by molar-refractivity contribution is 0.0706. The number of amides is 4. The van der Waals surface area contributed by atoms with Gasteiger partial charge in [0.05, 0.1) is 6.04 Å². The van der Waals surface area contributed by atoms with Gasteiger partial charge in [0.25, 0.3) is 11.8 Å². The quantitative estimate of drug-likeness (QED) is 0.372. The molecule has 2 aromatic carbocycles. The number of carbonyl (C=O) groups excluding carboxylic acids is 3. The summed E-state index contributed by atoms with van der Waals surface area (Å²) < 4.78 is 0. The number of carbonyl (C=O) groups is 3. The molecule has 0 aliphatic carbocycles. The fourth-order valence-corrected chi connectivity index (χ4v) is 2.90. The van der Waals surface area contributed by atoms with Crippen molar-refractivity contribution in [2.75, 3.05) is 0 Å². The van der Waals surface area contributed by atoms with Crippen LogP contribution in [0.25, 0.3) is 0 Å². The topological polar surface area (TPSA) is 120 Å². The molecule has 4 amide bonds. The highest BCUT2D eigenvalue weighted by Gasteiger charge is 2.18. The smallest absolute Gasteiger partial charge is 0.322 e. The average Bonchev–Trinajstić information content (AvgIpc) is 2.79. The zero-order chi connectivity index (χ0) is 21.3. The molecule has 1 atom stereocenters.